The van der Waals surface area contributed by atoms with Crippen LogP contribution in [0.15, 0.2) is 12.1 Å². The molecule has 1 N–H and O–H groups in total. The van der Waals surface area contributed by atoms with Crippen molar-refractivity contribution in [3.8, 4) is 5.88 Å². The van der Waals surface area contributed by atoms with Gasteiger partial charge >= 0.3 is 0 Å². The third kappa shape index (κ3) is 3.30. The summed E-state index contributed by atoms with van der Waals surface area (Å²) in [5.41, 5.74) is 0. The first kappa shape index (κ1) is 12.1. The van der Waals surface area contributed by atoms with Crippen LogP contribution in [0.25, 0.3) is 0 Å². The van der Waals surface area contributed by atoms with Gasteiger partial charge in [0.1, 0.15) is 0 Å². The summed E-state index contributed by atoms with van der Waals surface area (Å²) >= 11 is 0. The van der Waals surface area contributed by atoms with E-state index < -0.39 is 0 Å². The van der Waals surface area contributed by atoms with Crippen molar-refractivity contribution in [3.05, 3.63) is 12.1 Å². The average molecular weight is 236 g/mol. The molecule has 94 valence electrons. The van der Waals surface area contributed by atoms with Gasteiger partial charge in [0, 0.05) is 25.7 Å². The Morgan fingerprint density at radius 2 is 2.29 bits per heavy atom. The number of nitrogens with zero attached hydrogens (tertiary/aromatic N) is 3. The van der Waals surface area contributed by atoms with Gasteiger partial charge in [-0.3, -0.25) is 0 Å². The second-order valence-corrected chi connectivity index (χ2v) is 4.46. The van der Waals surface area contributed by atoms with E-state index in [0.29, 0.717) is 11.9 Å². The van der Waals surface area contributed by atoms with Crippen LogP contribution in [0, 0.1) is 0 Å². The molecule has 0 amide bonds. The Morgan fingerprint density at radius 3 is 2.88 bits per heavy atom. The van der Waals surface area contributed by atoms with Gasteiger partial charge in [0.15, 0.2) is 5.82 Å². The molecule has 0 spiro atoms. The first-order valence-corrected chi connectivity index (χ1v) is 6.12. The van der Waals surface area contributed by atoms with Gasteiger partial charge in [-0.25, -0.2) is 0 Å². The molecule has 0 bridgehead atoms. The summed E-state index contributed by atoms with van der Waals surface area (Å²) in [5.74, 6) is 1.44. The molecule has 0 aliphatic carbocycles. The van der Waals surface area contributed by atoms with Gasteiger partial charge in [-0.1, -0.05) is 6.42 Å². The molecule has 0 saturated carbocycles. The molecule has 1 aliphatic rings. The number of piperidine rings is 1. The lowest BCUT2D eigenvalue weighted by Gasteiger charge is -2.28. The van der Waals surface area contributed by atoms with Gasteiger partial charge in [0.25, 0.3) is 0 Å². The van der Waals surface area contributed by atoms with E-state index in [2.05, 4.69) is 20.4 Å². The number of hydrogen-bond acceptors (Lipinski definition) is 5. The lowest BCUT2D eigenvalue weighted by Crippen LogP contribution is -2.42. The molecule has 2 rings (SSSR count). The highest BCUT2D eigenvalue weighted by atomic mass is 16.5. The minimum atomic E-state index is 0.554. The Morgan fingerprint density at radius 1 is 1.41 bits per heavy atom. The zero-order valence-corrected chi connectivity index (χ0v) is 10.5. The lowest BCUT2D eigenvalue weighted by atomic mass is 10.0. The summed E-state index contributed by atoms with van der Waals surface area (Å²) in [5, 5.41) is 11.6. The summed E-state index contributed by atoms with van der Waals surface area (Å²) in [6.07, 6.45) is 3.86. The predicted molar refractivity (Wildman–Crippen MR) is 67.5 cm³/mol. The third-order valence-corrected chi connectivity index (χ3v) is 3.13. The van der Waals surface area contributed by atoms with Crippen LogP contribution in [0.4, 0.5) is 5.82 Å². The fraction of sp³-hybridized carbons (Fsp3) is 0.667. The second-order valence-electron chi connectivity index (χ2n) is 4.46. The molecule has 1 unspecified atom stereocenters. The Labute approximate surface area is 102 Å². The summed E-state index contributed by atoms with van der Waals surface area (Å²) in [7, 11) is 3.64. The molecule has 0 aromatic carbocycles. The fourth-order valence-corrected chi connectivity index (χ4v) is 2.13. The number of ether oxygens (including phenoxy) is 1. The molecule has 0 radical (unpaired) electrons. The van der Waals surface area contributed by atoms with Crippen molar-refractivity contribution < 1.29 is 4.74 Å². The smallest absolute Gasteiger partial charge is 0.233 e. The number of aromatic nitrogens is 2. The quantitative estimate of drug-likeness (QED) is 0.847. The highest BCUT2D eigenvalue weighted by Gasteiger charge is 2.15. The lowest BCUT2D eigenvalue weighted by molar-refractivity contribution is 0.390. The number of anilines is 1. The van der Waals surface area contributed by atoms with Crippen molar-refractivity contribution in [2.45, 2.75) is 25.3 Å². The zero-order chi connectivity index (χ0) is 12.1. The zero-order valence-electron chi connectivity index (χ0n) is 10.5. The molecule has 5 nitrogen and oxygen atoms in total. The second kappa shape index (κ2) is 5.82. The van der Waals surface area contributed by atoms with Crippen LogP contribution >= 0.6 is 0 Å². The minimum Gasteiger partial charge on any atom is -0.480 e. The minimum absolute atomic E-state index is 0.554. The van der Waals surface area contributed by atoms with Crippen molar-refractivity contribution in [1.82, 2.24) is 15.5 Å². The molecule has 1 atom stereocenters. The summed E-state index contributed by atoms with van der Waals surface area (Å²) in [4.78, 5) is 2.13. The highest BCUT2D eigenvalue weighted by Crippen LogP contribution is 2.14. The maximum Gasteiger partial charge on any atom is 0.233 e. The van der Waals surface area contributed by atoms with Gasteiger partial charge < -0.3 is 15.0 Å². The maximum atomic E-state index is 4.99. The third-order valence-electron chi connectivity index (χ3n) is 3.13. The van der Waals surface area contributed by atoms with E-state index in [4.69, 9.17) is 4.74 Å². The van der Waals surface area contributed by atoms with Crippen molar-refractivity contribution in [2.75, 3.05) is 32.1 Å². The van der Waals surface area contributed by atoms with E-state index in [9.17, 15) is 0 Å². The molecule has 5 heteroatoms. The molecule has 1 fully saturated rings. The molecule has 1 aliphatic heterocycles. The number of methoxy groups -OCH3 is 1. The fourth-order valence-electron chi connectivity index (χ4n) is 2.13. The summed E-state index contributed by atoms with van der Waals surface area (Å²) < 4.78 is 4.99. The van der Waals surface area contributed by atoms with Crippen molar-refractivity contribution in [3.63, 3.8) is 0 Å². The molecule has 1 aromatic rings. The highest BCUT2D eigenvalue weighted by molar-refractivity contribution is 5.37. The normalized spacial score (nSPS) is 20.0. The van der Waals surface area contributed by atoms with E-state index in [1.54, 1.807) is 7.11 Å². The van der Waals surface area contributed by atoms with E-state index in [1.807, 2.05) is 19.2 Å². The molecule has 1 aromatic heterocycles. The SMILES string of the molecule is COc1ccc(N(C)CC2CCCCN2)nn1. The van der Waals surface area contributed by atoms with Crippen LogP contribution in [-0.2, 0) is 0 Å². The van der Waals surface area contributed by atoms with Gasteiger partial charge in [-0.05, 0) is 25.5 Å². The van der Waals surface area contributed by atoms with Crippen molar-refractivity contribution >= 4 is 5.82 Å². The largest absolute Gasteiger partial charge is 0.480 e. The molecular weight excluding hydrogens is 216 g/mol. The van der Waals surface area contributed by atoms with Crippen LogP contribution in [0.2, 0.25) is 0 Å². The predicted octanol–water partition coefficient (Wildman–Crippen LogP) is 1.06. The van der Waals surface area contributed by atoms with E-state index >= 15 is 0 Å². The number of nitrogens with one attached hydrogen (secondary N) is 1. The van der Waals surface area contributed by atoms with Gasteiger partial charge in [-0.2, -0.15) is 0 Å². The maximum absolute atomic E-state index is 4.99. The molecular formula is C12H20N4O. The Kier molecular flexibility index (Phi) is 4.14. The molecule has 2 heterocycles. The summed E-state index contributed by atoms with van der Waals surface area (Å²) in [6.45, 7) is 2.10. The van der Waals surface area contributed by atoms with Gasteiger partial charge in [0.05, 0.1) is 7.11 Å². The average Bonchev–Trinajstić information content (AvgIpc) is 2.40. The number of rotatable bonds is 4. The Hall–Kier alpha value is -1.36. The van der Waals surface area contributed by atoms with Gasteiger partial charge in [-0.15, -0.1) is 10.2 Å². The first-order valence-electron chi connectivity index (χ1n) is 6.12. The van der Waals surface area contributed by atoms with Crippen LogP contribution in [-0.4, -0.2) is 43.5 Å². The number of likely N-dealkylation sites (N-methyl/N-ethyl adjacent to an activating group) is 1. The Balaban J connectivity index is 1.91. The van der Waals surface area contributed by atoms with E-state index in [0.717, 1.165) is 18.9 Å². The standard InChI is InChI=1S/C12H20N4O/c1-16(9-10-5-3-4-8-13-10)11-6-7-12(17-2)15-14-11/h6-7,10,13H,3-5,8-9H2,1-2H3. The van der Waals surface area contributed by atoms with Crippen LogP contribution < -0.4 is 15.0 Å². The molecule has 17 heavy (non-hydrogen) atoms. The van der Waals surface area contributed by atoms with Crippen molar-refractivity contribution in [1.29, 1.82) is 0 Å². The van der Waals surface area contributed by atoms with Crippen LogP contribution in [0.1, 0.15) is 19.3 Å². The molecule has 1 saturated heterocycles. The first-order chi connectivity index (χ1) is 8.29. The summed E-state index contributed by atoms with van der Waals surface area (Å²) in [6, 6.07) is 4.35. The van der Waals surface area contributed by atoms with Crippen molar-refractivity contribution in [2.24, 2.45) is 0 Å². The van der Waals surface area contributed by atoms with Crippen LogP contribution in [0.5, 0.6) is 5.88 Å². The monoisotopic (exact) mass is 236 g/mol. The Bertz CT molecular complexity index is 335. The van der Waals surface area contributed by atoms with Crippen LogP contribution in [0.3, 0.4) is 0 Å². The van der Waals surface area contributed by atoms with E-state index in [1.165, 1.54) is 19.3 Å². The van der Waals surface area contributed by atoms with E-state index in [-0.39, 0.29) is 0 Å². The topological polar surface area (TPSA) is 50.3 Å². The van der Waals surface area contributed by atoms with Gasteiger partial charge in [0.2, 0.25) is 5.88 Å². The number of hydrogen-bond donors (Lipinski definition) is 1.